The monoisotopic (exact) mass is 360 g/mol. The summed E-state index contributed by atoms with van der Waals surface area (Å²) in [7, 11) is 3.91. The third-order valence-electron chi connectivity index (χ3n) is 4.99. The highest BCUT2D eigenvalue weighted by atomic mass is 79.9. The van der Waals surface area contributed by atoms with E-state index in [0.29, 0.717) is 0 Å². The molecule has 1 fully saturated rings. The molecule has 114 valence electrons. The Morgan fingerprint density at radius 1 is 1.45 bits per heavy atom. The molecule has 22 heavy (non-hydrogen) atoms. The average molecular weight is 361 g/mol. The van der Waals surface area contributed by atoms with Gasteiger partial charge in [-0.3, -0.25) is 4.79 Å². The number of aliphatic carboxylic acids is 1. The molecule has 0 amide bonds. The molecule has 4 atom stereocenters. The molecular formula is C17H17BrN2O2. The van der Waals surface area contributed by atoms with Crippen LogP contribution in [0, 0.1) is 28.6 Å². The topological polar surface area (TPSA) is 64.3 Å². The quantitative estimate of drug-likeness (QED) is 0.839. The predicted octanol–water partition coefficient (Wildman–Crippen LogP) is 3.40. The number of carboxylic acid groups (broad SMARTS) is 1. The fraction of sp³-hybridized carbons (Fsp3) is 0.412. The van der Waals surface area contributed by atoms with Gasteiger partial charge in [0, 0.05) is 36.1 Å². The number of allylic oxidation sites excluding steroid dienone is 2. The molecule has 1 N–H and O–H groups in total. The van der Waals surface area contributed by atoms with Gasteiger partial charge in [-0.15, -0.1) is 0 Å². The highest BCUT2D eigenvalue weighted by Gasteiger charge is 2.62. The first-order valence-electron chi connectivity index (χ1n) is 7.21. The van der Waals surface area contributed by atoms with E-state index in [0.717, 1.165) is 22.1 Å². The maximum absolute atomic E-state index is 11.9. The third-order valence-corrected chi connectivity index (χ3v) is 5.68. The zero-order chi connectivity index (χ0) is 16.1. The lowest BCUT2D eigenvalue weighted by molar-refractivity contribution is -0.147. The molecule has 2 bridgehead atoms. The standard InChI is InChI=1S/C17H17BrN2O2/c1-20(2)12-5-6-13(14(18)8-12)15-10-3-4-11(7-10)17(15,9-19)16(21)22/h3-6,8,10-11,15H,7H2,1-2H3,(H,21,22)/t10-,11-,15-,17-/m0/s1. The molecule has 5 heteroatoms. The molecule has 0 aromatic heterocycles. The SMILES string of the molecule is CN(C)c1ccc([C@@H]2[C@H]3C=C[C@@H](C3)[C@]2(C#N)C(=O)O)c(Br)c1. The second-order valence-electron chi connectivity index (χ2n) is 6.25. The van der Waals surface area contributed by atoms with Crippen LogP contribution in [0.15, 0.2) is 34.8 Å². The first kappa shape index (κ1) is 15.1. The van der Waals surface area contributed by atoms with Gasteiger partial charge < -0.3 is 10.0 Å². The first-order valence-corrected chi connectivity index (χ1v) is 8.01. The van der Waals surface area contributed by atoms with Gasteiger partial charge in [0.15, 0.2) is 5.41 Å². The van der Waals surface area contributed by atoms with Gasteiger partial charge in [0.25, 0.3) is 0 Å². The van der Waals surface area contributed by atoms with E-state index in [1.54, 1.807) is 0 Å². The van der Waals surface area contributed by atoms with E-state index in [1.807, 2.05) is 43.3 Å². The molecule has 1 saturated carbocycles. The van der Waals surface area contributed by atoms with Crippen LogP contribution in [0.3, 0.4) is 0 Å². The van der Waals surface area contributed by atoms with Crippen molar-refractivity contribution >= 4 is 27.6 Å². The van der Waals surface area contributed by atoms with Crippen LogP contribution in [0.4, 0.5) is 5.69 Å². The summed E-state index contributed by atoms with van der Waals surface area (Å²) in [6, 6.07) is 8.04. The lowest BCUT2D eigenvalue weighted by atomic mass is 9.67. The van der Waals surface area contributed by atoms with E-state index in [2.05, 4.69) is 28.1 Å². The van der Waals surface area contributed by atoms with Crippen LogP contribution in [0.5, 0.6) is 0 Å². The van der Waals surface area contributed by atoms with E-state index < -0.39 is 11.4 Å². The lowest BCUT2D eigenvalue weighted by Gasteiger charge is -2.33. The number of nitrogens with zero attached hydrogens (tertiary/aromatic N) is 2. The maximum atomic E-state index is 11.9. The summed E-state index contributed by atoms with van der Waals surface area (Å²) in [5, 5.41) is 19.5. The van der Waals surface area contributed by atoms with E-state index in [-0.39, 0.29) is 17.8 Å². The second kappa shape index (κ2) is 5.13. The number of halogens is 1. The molecule has 0 saturated heterocycles. The van der Waals surface area contributed by atoms with Crippen molar-refractivity contribution in [3.8, 4) is 6.07 Å². The Bertz CT molecular complexity index is 707. The Hall–Kier alpha value is -1.80. The van der Waals surface area contributed by atoms with Gasteiger partial charge in [-0.2, -0.15) is 5.26 Å². The summed E-state index contributed by atoms with van der Waals surface area (Å²) < 4.78 is 0.866. The molecule has 1 aromatic carbocycles. The van der Waals surface area contributed by atoms with Crippen molar-refractivity contribution in [3.63, 3.8) is 0 Å². The third kappa shape index (κ3) is 1.90. The van der Waals surface area contributed by atoms with Gasteiger partial charge >= 0.3 is 5.97 Å². The van der Waals surface area contributed by atoms with Crippen LogP contribution in [0.25, 0.3) is 0 Å². The Kier molecular flexibility index (Phi) is 3.53. The molecule has 2 aliphatic carbocycles. The van der Waals surface area contributed by atoms with Gasteiger partial charge in [-0.1, -0.05) is 34.1 Å². The molecule has 0 unspecified atom stereocenters. The minimum atomic E-state index is -1.36. The summed E-state index contributed by atoms with van der Waals surface area (Å²) >= 11 is 3.57. The zero-order valence-electron chi connectivity index (χ0n) is 12.5. The van der Waals surface area contributed by atoms with Crippen LogP contribution in [0.1, 0.15) is 17.9 Å². The number of rotatable bonds is 3. The Morgan fingerprint density at radius 2 is 2.18 bits per heavy atom. The summed E-state index contributed by atoms with van der Waals surface area (Å²) in [5.74, 6) is -1.41. The fourth-order valence-corrected chi connectivity index (χ4v) is 4.51. The highest BCUT2D eigenvalue weighted by Crippen LogP contribution is 2.61. The molecule has 4 nitrogen and oxygen atoms in total. The summed E-state index contributed by atoms with van der Waals surface area (Å²) in [4.78, 5) is 13.9. The van der Waals surface area contributed by atoms with Crippen molar-refractivity contribution in [1.82, 2.24) is 0 Å². The smallest absolute Gasteiger partial charge is 0.325 e. The number of hydrogen-bond acceptors (Lipinski definition) is 3. The van der Waals surface area contributed by atoms with E-state index in [9.17, 15) is 15.2 Å². The molecule has 0 aliphatic heterocycles. The summed E-state index contributed by atoms with van der Waals surface area (Å²) in [6.45, 7) is 0. The molecular weight excluding hydrogens is 344 g/mol. The molecule has 0 spiro atoms. The molecule has 3 rings (SSSR count). The number of fused-ring (bicyclic) bond motifs is 2. The van der Waals surface area contributed by atoms with Crippen LogP contribution in [-0.4, -0.2) is 25.2 Å². The van der Waals surface area contributed by atoms with Gasteiger partial charge in [-0.25, -0.2) is 0 Å². The first-order chi connectivity index (χ1) is 10.4. The second-order valence-corrected chi connectivity index (χ2v) is 7.11. The minimum Gasteiger partial charge on any atom is -0.480 e. The van der Waals surface area contributed by atoms with Crippen molar-refractivity contribution in [3.05, 3.63) is 40.4 Å². The van der Waals surface area contributed by atoms with Crippen molar-refractivity contribution in [2.75, 3.05) is 19.0 Å². The van der Waals surface area contributed by atoms with Crippen LogP contribution in [-0.2, 0) is 4.79 Å². The lowest BCUT2D eigenvalue weighted by Crippen LogP contribution is -2.39. The number of hydrogen-bond donors (Lipinski definition) is 1. The Morgan fingerprint density at radius 3 is 2.73 bits per heavy atom. The van der Waals surface area contributed by atoms with E-state index in [4.69, 9.17) is 0 Å². The van der Waals surface area contributed by atoms with Crippen LogP contribution >= 0.6 is 15.9 Å². The maximum Gasteiger partial charge on any atom is 0.325 e. The van der Waals surface area contributed by atoms with Gasteiger partial charge in [0.05, 0.1) is 6.07 Å². The average Bonchev–Trinajstić information content (AvgIpc) is 3.06. The van der Waals surface area contributed by atoms with E-state index in [1.165, 1.54) is 0 Å². The van der Waals surface area contributed by atoms with E-state index >= 15 is 0 Å². The zero-order valence-corrected chi connectivity index (χ0v) is 14.0. The van der Waals surface area contributed by atoms with Crippen LogP contribution in [0.2, 0.25) is 0 Å². The predicted molar refractivity (Wildman–Crippen MR) is 87.6 cm³/mol. The number of carboxylic acids is 1. The minimum absolute atomic E-state index is 0.113. The van der Waals surface area contributed by atoms with Crippen LogP contribution < -0.4 is 4.90 Å². The van der Waals surface area contributed by atoms with Crippen molar-refractivity contribution in [2.45, 2.75) is 12.3 Å². The number of carbonyl (C=O) groups is 1. The number of anilines is 1. The molecule has 0 radical (unpaired) electrons. The van der Waals surface area contributed by atoms with Crippen molar-refractivity contribution in [1.29, 1.82) is 5.26 Å². The summed E-state index contributed by atoms with van der Waals surface area (Å²) in [5.41, 5.74) is 0.584. The fourth-order valence-electron chi connectivity index (χ4n) is 3.89. The van der Waals surface area contributed by atoms with Crippen molar-refractivity contribution < 1.29 is 9.90 Å². The largest absolute Gasteiger partial charge is 0.480 e. The van der Waals surface area contributed by atoms with Gasteiger partial charge in [0.1, 0.15) is 0 Å². The number of nitriles is 1. The van der Waals surface area contributed by atoms with Gasteiger partial charge in [0.2, 0.25) is 0 Å². The molecule has 1 aromatic rings. The molecule has 2 aliphatic rings. The normalized spacial score (nSPS) is 32.0. The summed E-state index contributed by atoms with van der Waals surface area (Å²) in [6.07, 6.45) is 4.72. The molecule has 0 heterocycles. The Labute approximate surface area is 138 Å². The Balaban J connectivity index is 2.13. The highest BCUT2D eigenvalue weighted by molar-refractivity contribution is 9.10. The number of benzene rings is 1. The van der Waals surface area contributed by atoms with Gasteiger partial charge in [-0.05, 0) is 30.0 Å². The van der Waals surface area contributed by atoms with Crippen molar-refractivity contribution in [2.24, 2.45) is 17.3 Å².